The molecule has 0 bridgehead atoms. The van der Waals surface area contributed by atoms with Crippen molar-refractivity contribution in [3.05, 3.63) is 58.0 Å². The molecular weight excluding hydrogens is 311 g/mol. The van der Waals surface area contributed by atoms with E-state index in [2.05, 4.69) is 20.5 Å². The van der Waals surface area contributed by atoms with Crippen LogP contribution < -0.4 is 5.32 Å². The van der Waals surface area contributed by atoms with Crippen LogP contribution >= 0.6 is 23.2 Å². The van der Waals surface area contributed by atoms with E-state index in [1.54, 1.807) is 18.2 Å². The average molecular weight is 321 g/mol. The number of pyridine rings is 1. The van der Waals surface area contributed by atoms with E-state index in [4.69, 9.17) is 23.2 Å². The quantitative estimate of drug-likeness (QED) is 0.728. The second-order valence-electron chi connectivity index (χ2n) is 4.43. The summed E-state index contributed by atoms with van der Waals surface area (Å²) < 4.78 is 0. The first kappa shape index (κ1) is 13.9. The minimum absolute atomic E-state index is 0.277. The number of H-pyrrole nitrogens is 1. The lowest BCUT2D eigenvalue weighted by Crippen LogP contribution is -2.23. The second-order valence-corrected chi connectivity index (χ2v) is 5.26. The number of carbonyl (C=O) groups excluding carboxylic acids is 1. The largest absolute Gasteiger partial charge is 0.347 e. The Morgan fingerprint density at radius 3 is 2.76 bits per heavy atom. The Kier molecular flexibility index (Phi) is 3.77. The number of rotatable bonds is 3. The first-order chi connectivity index (χ1) is 10.1. The van der Waals surface area contributed by atoms with Gasteiger partial charge in [-0.2, -0.15) is 5.10 Å². The van der Waals surface area contributed by atoms with Crippen molar-refractivity contribution in [2.45, 2.75) is 6.54 Å². The van der Waals surface area contributed by atoms with Crippen molar-refractivity contribution in [2.24, 2.45) is 0 Å². The van der Waals surface area contributed by atoms with Crippen molar-refractivity contribution in [2.75, 3.05) is 0 Å². The zero-order valence-corrected chi connectivity index (χ0v) is 12.2. The maximum atomic E-state index is 12.2. The molecule has 0 spiro atoms. The third-order valence-electron chi connectivity index (χ3n) is 3.00. The normalized spacial score (nSPS) is 10.8. The van der Waals surface area contributed by atoms with Crippen molar-refractivity contribution >= 4 is 40.0 Å². The third kappa shape index (κ3) is 2.99. The zero-order chi connectivity index (χ0) is 14.8. The molecule has 0 fully saturated rings. The molecule has 0 aliphatic rings. The number of nitrogens with one attached hydrogen (secondary N) is 2. The van der Waals surface area contributed by atoms with Crippen LogP contribution in [0.5, 0.6) is 0 Å². The summed E-state index contributed by atoms with van der Waals surface area (Å²) in [6, 6.07) is 8.89. The van der Waals surface area contributed by atoms with Gasteiger partial charge in [-0.1, -0.05) is 35.3 Å². The summed E-state index contributed by atoms with van der Waals surface area (Å²) in [6.07, 6.45) is 1.53. The Bertz CT molecular complexity index is 798. The number of amides is 1. The number of benzene rings is 1. The van der Waals surface area contributed by atoms with Crippen LogP contribution in [0, 0.1) is 0 Å². The first-order valence-corrected chi connectivity index (χ1v) is 6.91. The highest BCUT2D eigenvalue weighted by Crippen LogP contribution is 2.18. The molecule has 5 nitrogen and oxygen atoms in total. The maximum Gasteiger partial charge on any atom is 0.272 e. The van der Waals surface area contributed by atoms with Gasteiger partial charge in [-0.3, -0.25) is 9.89 Å². The smallest absolute Gasteiger partial charge is 0.272 e. The van der Waals surface area contributed by atoms with Gasteiger partial charge < -0.3 is 5.32 Å². The molecule has 0 radical (unpaired) electrons. The summed E-state index contributed by atoms with van der Waals surface area (Å²) in [5.74, 6) is -0.277. The van der Waals surface area contributed by atoms with Crippen LogP contribution in [0.25, 0.3) is 10.9 Å². The van der Waals surface area contributed by atoms with E-state index in [0.29, 0.717) is 33.3 Å². The minimum Gasteiger partial charge on any atom is -0.347 e. The molecule has 3 aromatic rings. The van der Waals surface area contributed by atoms with E-state index in [1.807, 2.05) is 12.1 Å². The van der Waals surface area contributed by atoms with E-state index in [0.717, 1.165) is 5.56 Å². The van der Waals surface area contributed by atoms with Crippen LogP contribution in [0.15, 0.2) is 36.5 Å². The SMILES string of the molecule is O=C(NCc1ccc(Cl)cc1)c1n[nH]c2cc(Cl)ncc12. The molecule has 0 saturated heterocycles. The molecule has 0 aliphatic heterocycles. The van der Waals surface area contributed by atoms with E-state index < -0.39 is 0 Å². The monoisotopic (exact) mass is 320 g/mol. The molecule has 0 atom stereocenters. The highest BCUT2D eigenvalue weighted by Gasteiger charge is 2.14. The number of aromatic nitrogens is 3. The van der Waals surface area contributed by atoms with Crippen molar-refractivity contribution in [3.8, 4) is 0 Å². The predicted octanol–water partition coefficient (Wildman–Crippen LogP) is 3.19. The predicted molar refractivity (Wildman–Crippen MR) is 81.5 cm³/mol. The number of aromatic amines is 1. The molecule has 0 unspecified atom stereocenters. The van der Waals surface area contributed by atoms with Gasteiger partial charge in [0.2, 0.25) is 0 Å². The summed E-state index contributed by atoms with van der Waals surface area (Å²) >= 11 is 11.6. The van der Waals surface area contributed by atoms with Crippen LogP contribution in [-0.2, 0) is 6.54 Å². The summed E-state index contributed by atoms with van der Waals surface area (Å²) in [6.45, 7) is 0.394. The Hall–Kier alpha value is -2.11. The number of carbonyl (C=O) groups is 1. The van der Waals surface area contributed by atoms with E-state index in [9.17, 15) is 4.79 Å². The average Bonchev–Trinajstić information content (AvgIpc) is 2.89. The van der Waals surface area contributed by atoms with Gasteiger partial charge in [-0.25, -0.2) is 4.98 Å². The number of fused-ring (bicyclic) bond motifs is 1. The molecular formula is C14H10Cl2N4O. The zero-order valence-electron chi connectivity index (χ0n) is 10.7. The van der Waals surface area contributed by atoms with Crippen LogP contribution in [0.2, 0.25) is 10.2 Å². The first-order valence-electron chi connectivity index (χ1n) is 6.16. The van der Waals surface area contributed by atoms with E-state index in [1.165, 1.54) is 6.20 Å². The molecule has 2 N–H and O–H groups in total. The topological polar surface area (TPSA) is 70.7 Å². The molecule has 3 rings (SSSR count). The van der Waals surface area contributed by atoms with Gasteiger partial charge in [-0.15, -0.1) is 0 Å². The van der Waals surface area contributed by atoms with Gasteiger partial charge in [0, 0.05) is 23.8 Å². The third-order valence-corrected chi connectivity index (χ3v) is 3.45. The molecule has 21 heavy (non-hydrogen) atoms. The molecule has 1 aromatic carbocycles. The van der Waals surface area contributed by atoms with Gasteiger partial charge in [0.25, 0.3) is 5.91 Å². The van der Waals surface area contributed by atoms with E-state index in [-0.39, 0.29) is 5.91 Å². The molecule has 7 heteroatoms. The second kappa shape index (κ2) is 5.71. The minimum atomic E-state index is -0.277. The highest BCUT2D eigenvalue weighted by atomic mass is 35.5. The molecule has 2 heterocycles. The Labute approximate surface area is 130 Å². The Morgan fingerprint density at radius 2 is 2.00 bits per heavy atom. The fraction of sp³-hybridized carbons (Fsp3) is 0.0714. The molecule has 0 aliphatic carbocycles. The van der Waals surface area contributed by atoms with Crippen molar-refractivity contribution < 1.29 is 4.79 Å². The molecule has 2 aromatic heterocycles. The Balaban J connectivity index is 1.76. The molecule has 1 amide bonds. The highest BCUT2D eigenvalue weighted by molar-refractivity contribution is 6.30. The van der Waals surface area contributed by atoms with Crippen LogP contribution in [-0.4, -0.2) is 21.1 Å². The van der Waals surface area contributed by atoms with Gasteiger partial charge in [0.1, 0.15) is 5.15 Å². The van der Waals surface area contributed by atoms with Crippen LogP contribution in [0.1, 0.15) is 16.1 Å². The lowest BCUT2D eigenvalue weighted by Gasteiger charge is -2.04. The Morgan fingerprint density at radius 1 is 1.24 bits per heavy atom. The van der Waals surface area contributed by atoms with E-state index >= 15 is 0 Å². The van der Waals surface area contributed by atoms with Gasteiger partial charge in [0.15, 0.2) is 5.69 Å². The van der Waals surface area contributed by atoms with Gasteiger partial charge in [-0.05, 0) is 17.7 Å². The van der Waals surface area contributed by atoms with Crippen LogP contribution in [0.3, 0.4) is 0 Å². The molecule has 106 valence electrons. The summed E-state index contributed by atoms with van der Waals surface area (Å²) in [5, 5.41) is 11.2. The van der Waals surface area contributed by atoms with Crippen molar-refractivity contribution in [1.82, 2.24) is 20.5 Å². The molecule has 0 saturated carbocycles. The standard InChI is InChI=1S/C14H10Cl2N4O/c15-9-3-1-8(2-4-9)6-18-14(21)13-10-7-17-12(16)5-11(10)19-20-13/h1-5,7H,6H2,(H,18,21)(H,19,20). The van der Waals surface area contributed by atoms with Gasteiger partial charge >= 0.3 is 0 Å². The lowest BCUT2D eigenvalue weighted by molar-refractivity contribution is 0.0947. The van der Waals surface area contributed by atoms with Crippen molar-refractivity contribution in [3.63, 3.8) is 0 Å². The summed E-state index contributed by atoms with van der Waals surface area (Å²) in [4.78, 5) is 16.1. The number of hydrogen-bond donors (Lipinski definition) is 2. The summed E-state index contributed by atoms with van der Waals surface area (Å²) in [5.41, 5.74) is 1.92. The fourth-order valence-corrected chi connectivity index (χ4v) is 2.21. The van der Waals surface area contributed by atoms with Crippen LogP contribution in [0.4, 0.5) is 0 Å². The number of nitrogens with zero attached hydrogens (tertiary/aromatic N) is 2. The summed E-state index contributed by atoms with van der Waals surface area (Å²) in [7, 11) is 0. The lowest BCUT2D eigenvalue weighted by atomic mass is 10.2. The number of hydrogen-bond acceptors (Lipinski definition) is 3. The fourth-order valence-electron chi connectivity index (χ4n) is 1.93. The maximum absolute atomic E-state index is 12.2. The van der Waals surface area contributed by atoms with Gasteiger partial charge in [0.05, 0.1) is 10.9 Å². The van der Waals surface area contributed by atoms with Crippen molar-refractivity contribution in [1.29, 1.82) is 0 Å². The number of halogens is 2.